The number of nitrogens with one attached hydrogen (secondary N) is 3. The van der Waals surface area contributed by atoms with Crippen LogP contribution >= 0.6 is 0 Å². The van der Waals surface area contributed by atoms with Crippen molar-refractivity contribution in [1.29, 1.82) is 0 Å². The van der Waals surface area contributed by atoms with Gasteiger partial charge in [0.25, 0.3) is 11.1 Å². The Bertz CT molecular complexity index is 1270. The first-order valence-corrected chi connectivity index (χ1v) is 9.33. The standard InChI is InChI=1S/C23H24N4O2/c1-23(2,3)20-17(24-15-25-20)12-8-14-19-22(29)26-18(21(28)27-19)13-7-11-16-9-5-4-6-10-16/h4-15H,1-3H3,(H,24,25)(H,26,29)(H,27,28)/b11-7+,12-8+,18-13-,19-14-. The third kappa shape index (κ3) is 5.19. The number of aromatic amines is 3. The number of hydrogen-bond acceptors (Lipinski definition) is 3. The molecule has 0 aliphatic rings. The van der Waals surface area contributed by atoms with Gasteiger partial charge in [0, 0.05) is 11.1 Å². The van der Waals surface area contributed by atoms with E-state index < -0.39 is 0 Å². The number of imidazole rings is 1. The molecule has 3 N–H and O–H groups in total. The van der Waals surface area contributed by atoms with Gasteiger partial charge in [0.1, 0.15) is 10.7 Å². The zero-order valence-electron chi connectivity index (χ0n) is 16.7. The third-order valence-corrected chi connectivity index (χ3v) is 4.27. The summed E-state index contributed by atoms with van der Waals surface area (Å²) in [4.78, 5) is 37.2. The Morgan fingerprint density at radius 3 is 2.03 bits per heavy atom. The first kappa shape index (κ1) is 20.1. The van der Waals surface area contributed by atoms with Crippen molar-refractivity contribution in [1.82, 2.24) is 19.9 Å². The number of nitrogens with zero attached hydrogens (tertiary/aromatic N) is 1. The SMILES string of the molecule is CC(C)(C)c1[nH]cnc1/C=C/C=c1\[nH]c(=O)/c(=C/C=C/c2ccccc2)[nH]c1=O. The van der Waals surface area contributed by atoms with Crippen molar-refractivity contribution in [2.45, 2.75) is 26.2 Å². The van der Waals surface area contributed by atoms with Crippen LogP contribution in [0.2, 0.25) is 0 Å². The van der Waals surface area contributed by atoms with Crippen LogP contribution in [0.25, 0.3) is 24.3 Å². The Morgan fingerprint density at radius 2 is 1.45 bits per heavy atom. The van der Waals surface area contributed by atoms with Crippen LogP contribution in [0.1, 0.15) is 37.7 Å². The number of benzene rings is 1. The van der Waals surface area contributed by atoms with E-state index in [0.717, 1.165) is 17.0 Å². The number of hydrogen-bond donors (Lipinski definition) is 3. The van der Waals surface area contributed by atoms with E-state index in [4.69, 9.17) is 0 Å². The summed E-state index contributed by atoms with van der Waals surface area (Å²) in [7, 11) is 0. The van der Waals surface area contributed by atoms with E-state index in [2.05, 4.69) is 40.7 Å². The highest BCUT2D eigenvalue weighted by Crippen LogP contribution is 2.23. The number of rotatable bonds is 4. The maximum Gasteiger partial charge on any atom is 0.272 e. The maximum absolute atomic E-state index is 12.3. The van der Waals surface area contributed by atoms with Crippen molar-refractivity contribution >= 4 is 24.3 Å². The predicted octanol–water partition coefficient (Wildman–Crippen LogP) is 2.07. The van der Waals surface area contributed by atoms with E-state index in [0.29, 0.717) is 0 Å². The molecule has 3 rings (SSSR count). The molecule has 0 radical (unpaired) electrons. The molecule has 0 saturated carbocycles. The van der Waals surface area contributed by atoms with Crippen LogP contribution < -0.4 is 21.8 Å². The second kappa shape index (κ2) is 8.56. The van der Waals surface area contributed by atoms with Gasteiger partial charge in [-0.2, -0.15) is 0 Å². The van der Waals surface area contributed by atoms with Gasteiger partial charge in [-0.15, -0.1) is 0 Å². The van der Waals surface area contributed by atoms with Crippen LogP contribution in [0, 0.1) is 0 Å². The fourth-order valence-electron chi connectivity index (χ4n) is 2.81. The summed E-state index contributed by atoms with van der Waals surface area (Å²) in [5, 5.41) is 0.383. The highest BCUT2D eigenvalue weighted by molar-refractivity contribution is 5.58. The lowest BCUT2D eigenvalue weighted by Gasteiger charge is -2.16. The van der Waals surface area contributed by atoms with Gasteiger partial charge < -0.3 is 15.0 Å². The van der Waals surface area contributed by atoms with Crippen molar-refractivity contribution in [2.24, 2.45) is 0 Å². The summed E-state index contributed by atoms with van der Waals surface area (Å²) >= 11 is 0. The van der Waals surface area contributed by atoms with Gasteiger partial charge in [-0.05, 0) is 23.8 Å². The molecular formula is C23H24N4O2. The monoisotopic (exact) mass is 388 g/mol. The molecule has 0 fully saturated rings. The topological polar surface area (TPSA) is 94.4 Å². The fourth-order valence-corrected chi connectivity index (χ4v) is 2.81. The quantitative estimate of drug-likeness (QED) is 0.639. The lowest BCUT2D eigenvalue weighted by atomic mass is 9.90. The normalized spacial score (nSPS) is 13.8. The molecule has 148 valence electrons. The van der Waals surface area contributed by atoms with E-state index in [1.54, 1.807) is 36.7 Å². The average molecular weight is 388 g/mol. The van der Waals surface area contributed by atoms with E-state index in [9.17, 15) is 9.59 Å². The fraction of sp³-hybridized carbons (Fsp3) is 0.174. The van der Waals surface area contributed by atoms with Crippen molar-refractivity contribution in [3.8, 4) is 0 Å². The number of H-pyrrole nitrogens is 3. The summed E-state index contributed by atoms with van der Waals surface area (Å²) in [6.45, 7) is 6.27. The minimum atomic E-state index is -0.369. The maximum atomic E-state index is 12.3. The van der Waals surface area contributed by atoms with E-state index in [1.807, 2.05) is 36.4 Å². The Hall–Kier alpha value is -3.67. The molecule has 2 aromatic heterocycles. The second-order valence-electron chi connectivity index (χ2n) is 7.61. The second-order valence-corrected chi connectivity index (χ2v) is 7.61. The largest absolute Gasteiger partial charge is 0.348 e. The zero-order chi connectivity index (χ0) is 20.9. The van der Waals surface area contributed by atoms with Crippen molar-refractivity contribution in [3.05, 3.63) is 97.2 Å². The Labute approximate surface area is 168 Å². The minimum Gasteiger partial charge on any atom is -0.348 e. The first-order valence-electron chi connectivity index (χ1n) is 9.33. The van der Waals surface area contributed by atoms with Gasteiger partial charge in [0.15, 0.2) is 0 Å². The molecule has 6 heteroatoms. The molecule has 0 unspecified atom stereocenters. The van der Waals surface area contributed by atoms with Crippen LogP contribution in [0.5, 0.6) is 0 Å². The molecule has 29 heavy (non-hydrogen) atoms. The summed E-state index contributed by atoms with van der Waals surface area (Å²) < 4.78 is 0. The van der Waals surface area contributed by atoms with Crippen LogP contribution in [-0.4, -0.2) is 19.9 Å². The summed E-state index contributed by atoms with van der Waals surface area (Å²) in [5.41, 5.74) is 1.99. The van der Waals surface area contributed by atoms with Gasteiger partial charge in [0.2, 0.25) is 0 Å². The highest BCUT2D eigenvalue weighted by atomic mass is 16.1. The predicted molar refractivity (Wildman–Crippen MR) is 118 cm³/mol. The molecule has 1 aromatic carbocycles. The van der Waals surface area contributed by atoms with Gasteiger partial charge in [-0.1, -0.05) is 69.3 Å². The molecule has 0 amide bonds. The molecule has 0 bridgehead atoms. The molecule has 6 nitrogen and oxygen atoms in total. The van der Waals surface area contributed by atoms with Crippen molar-refractivity contribution in [3.63, 3.8) is 0 Å². The molecule has 0 spiro atoms. The van der Waals surface area contributed by atoms with Gasteiger partial charge >= 0.3 is 0 Å². The van der Waals surface area contributed by atoms with Crippen molar-refractivity contribution < 1.29 is 0 Å². The average Bonchev–Trinajstić information content (AvgIpc) is 3.15. The Morgan fingerprint density at radius 1 is 0.862 bits per heavy atom. The third-order valence-electron chi connectivity index (χ3n) is 4.27. The number of aromatic nitrogens is 4. The molecule has 0 saturated heterocycles. The molecule has 0 aliphatic carbocycles. The molecule has 2 heterocycles. The first-order chi connectivity index (χ1) is 13.8. The molecule has 3 aromatic rings. The van der Waals surface area contributed by atoms with Gasteiger partial charge in [0.05, 0.1) is 12.0 Å². The van der Waals surface area contributed by atoms with Crippen LogP contribution in [0.4, 0.5) is 0 Å². The molecular weight excluding hydrogens is 364 g/mol. The van der Waals surface area contributed by atoms with Crippen LogP contribution in [0.15, 0.2) is 58.4 Å². The van der Waals surface area contributed by atoms with E-state index in [-0.39, 0.29) is 27.2 Å². The molecule has 0 aliphatic heterocycles. The van der Waals surface area contributed by atoms with Crippen LogP contribution in [-0.2, 0) is 5.41 Å². The zero-order valence-corrected chi connectivity index (χ0v) is 16.7. The summed E-state index contributed by atoms with van der Waals surface area (Å²) in [5.74, 6) is 0. The van der Waals surface area contributed by atoms with E-state index in [1.165, 1.54) is 0 Å². The van der Waals surface area contributed by atoms with Crippen LogP contribution in [0.3, 0.4) is 0 Å². The molecule has 0 atom stereocenters. The highest BCUT2D eigenvalue weighted by Gasteiger charge is 2.18. The Balaban J connectivity index is 1.87. The van der Waals surface area contributed by atoms with Gasteiger partial charge in [-0.3, -0.25) is 9.59 Å². The smallest absolute Gasteiger partial charge is 0.272 e. The lowest BCUT2D eigenvalue weighted by molar-refractivity contribution is 0.571. The minimum absolute atomic E-state index is 0.0767. The lowest BCUT2D eigenvalue weighted by Crippen LogP contribution is -2.46. The Kier molecular flexibility index (Phi) is 5.93. The van der Waals surface area contributed by atoms with Gasteiger partial charge in [-0.25, -0.2) is 4.98 Å². The summed E-state index contributed by atoms with van der Waals surface area (Å²) in [6, 6.07) is 9.70. The number of allylic oxidation sites excluding steroid dienone is 2. The van der Waals surface area contributed by atoms with E-state index >= 15 is 0 Å². The summed E-state index contributed by atoms with van der Waals surface area (Å²) in [6.07, 6.45) is 11.9. The van der Waals surface area contributed by atoms with Crippen molar-refractivity contribution in [2.75, 3.05) is 0 Å².